The molecule has 5 heteroatoms. The van der Waals surface area contributed by atoms with E-state index in [9.17, 15) is 9.59 Å². The van der Waals surface area contributed by atoms with E-state index in [1.54, 1.807) is 31.2 Å². The molecule has 20 heavy (non-hydrogen) atoms. The second kappa shape index (κ2) is 6.41. The first-order chi connectivity index (χ1) is 9.24. The van der Waals surface area contributed by atoms with Crippen molar-refractivity contribution in [1.29, 1.82) is 0 Å². The maximum absolute atomic E-state index is 12.2. The van der Waals surface area contributed by atoms with Crippen LogP contribution in [0.25, 0.3) is 0 Å². The molecule has 5 nitrogen and oxygen atoms in total. The van der Waals surface area contributed by atoms with Crippen molar-refractivity contribution >= 4 is 11.9 Å². The minimum atomic E-state index is -0.713. The van der Waals surface area contributed by atoms with Crippen molar-refractivity contribution < 1.29 is 19.1 Å². The average Bonchev–Trinajstić information content (AvgIpc) is 2.36. The van der Waals surface area contributed by atoms with E-state index in [1.165, 1.54) is 7.11 Å². The van der Waals surface area contributed by atoms with Crippen LogP contribution in [-0.2, 0) is 9.53 Å². The first-order valence-electron chi connectivity index (χ1n) is 6.41. The summed E-state index contributed by atoms with van der Waals surface area (Å²) >= 11 is 0. The fourth-order valence-corrected chi connectivity index (χ4v) is 1.58. The normalized spacial score (nSPS) is 12.4. The van der Waals surface area contributed by atoms with Crippen LogP contribution in [0.5, 0.6) is 5.75 Å². The van der Waals surface area contributed by atoms with Gasteiger partial charge in [0.1, 0.15) is 17.4 Å². The van der Waals surface area contributed by atoms with Crippen LogP contribution in [-0.4, -0.2) is 30.6 Å². The molecule has 0 aliphatic rings. The third-order valence-electron chi connectivity index (χ3n) is 2.45. The van der Waals surface area contributed by atoms with E-state index in [2.05, 4.69) is 10.1 Å². The van der Waals surface area contributed by atoms with Crippen LogP contribution >= 0.6 is 0 Å². The minimum absolute atomic E-state index is 0.372. The van der Waals surface area contributed by atoms with Crippen LogP contribution in [0.4, 0.5) is 0 Å². The number of carbonyl (C=O) groups is 2. The molecule has 0 spiro atoms. The number of carbonyl (C=O) groups excluding carboxylic acids is 2. The number of esters is 1. The van der Waals surface area contributed by atoms with E-state index in [0.29, 0.717) is 11.3 Å². The summed E-state index contributed by atoms with van der Waals surface area (Å²) in [5.74, 6) is -0.384. The molecule has 0 fully saturated rings. The van der Waals surface area contributed by atoms with Crippen molar-refractivity contribution in [2.45, 2.75) is 39.3 Å². The minimum Gasteiger partial charge on any atom is -0.487 e. The zero-order valence-corrected chi connectivity index (χ0v) is 12.5. The van der Waals surface area contributed by atoms with Crippen LogP contribution in [0.3, 0.4) is 0 Å². The molecule has 1 N–H and O–H groups in total. The maximum Gasteiger partial charge on any atom is 0.328 e. The Labute approximate surface area is 119 Å². The van der Waals surface area contributed by atoms with Gasteiger partial charge in [-0.2, -0.15) is 0 Å². The van der Waals surface area contributed by atoms with Crippen molar-refractivity contribution in [2.75, 3.05) is 7.11 Å². The second-order valence-electron chi connectivity index (χ2n) is 5.43. The highest BCUT2D eigenvalue weighted by atomic mass is 16.5. The lowest BCUT2D eigenvalue weighted by Gasteiger charge is -2.23. The number of hydrogen-bond donors (Lipinski definition) is 1. The number of rotatable bonds is 4. The first-order valence-corrected chi connectivity index (χ1v) is 6.41. The van der Waals surface area contributed by atoms with Gasteiger partial charge in [-0.25, -0.2) is 4.79 Å². The van der Waals surface area contributed by atoms with Crippen molar-refractivity contribution in [3.05, 3.63) is 29.8 Å². The highest BCUT2D eigenvalue weighted by Crippen LogP contribution is 2.23. The van der Waals surface area contributed by atoms with Crippen LogP contribution in [0.2, 0.25) is 0 Å². The largest absolute Gasteiger partial charge is 0.487 e. The second-order valence-corrected chi connectivity index (χ2v) is 5.43. The summed E-state index contributed by atoms with van der Waals surface area (Å²) in [6.07, 6.45) is 0. The topological polar surface area (TPSA) is 64.6 Å². The number of benzene rings is 1. The van der Waals surface area contributed by atoms with Gasteiger partial charge in [-0.05, 0) is 39.8 Å². The number of amides is 1. The summed E-state index contributed by atoms with van der Waals surface area (Å²) in [5.41, 5.74) is -0.0252. The van der Waals surface area contributed by atoms with Crippen LogP contribution in [0, 0.1) is 0 Å². The molecule has 1 aromatic rings. The Balaban J connectivity index is 2.91. The van der Waals surface area contributed by atoms with Crippen LogP contribution < -0.4 is 10.1 Å². The van der Waals surface area contributed by atoms with E-state index in [0.717, 1.165) is 0 Å². The molecule has 1 atom stereocenters. The molecule has 0 aliphatic heterocycles. The third-order valence-corrected chi connectivity index (χ3v) is 2.45. The molecule has 0 heterocycles. The Morgan fingerprint density at radius 3 is 2.35 bits per heavy atom. The molecule has 0 aliphatic carbocycles. The number of hydrogen-bond acceptors (Lipinski definition) is 4. The molecule has 0 bridgehead atoms. The molecule has 1 aromatic carbocycles. The Morgan fingerprint density at radius 1 is 1.20 bits per heavy atom. The lowest BCUT2D eigenvalue weighted by molar-refractivity contribution is -0.142. The SMILES string of the molecule is COC(=O)C(C)NC(=O)c1ccccc1OC(C)(C)C. The lowest BCUT2D eigenvalue weighted by Crippen LogP contribution is -2.39. The van der Waals surface area contributed by atoms with Gasteiger partial charge in [0.05, 0.1) is 12.7 Å². The zero-order valence-electron chi connectivity index (χ0n) is 12.5. The van der Waals surface area contributed by atoms with Crippen LogP contribution in [0.15, 0.2) is 24.3 Å². The summed E-state index contributed by atoms with van der Waals surface area (Å²) in [6.45, 7) is 7.27. The molecular formula is C15H21NO4. The number of para-hydroxylation sites is 1. The molecule has 0 radical (unpaired) electrons. The molecule has 1 unspecified atom stereocenters. The van der Waals surface area contributed by atoms with E-state index in [1.807, 2.05) is 20.8 Å². The average molecular weight is 279 g/mol. The van der Waals surface area contributed by atoms with E-state index in [4.69, 9.17) is 4.74 Å². The summed E-state index contributed by atoms with van der Waals surface area (Å²) in [5, 5.41) is 2.58. The van der Waals surface area contributed by atoms with E-state index >= 15 is 0 Å². The number of nitrogens with one attached hydrogen (secondary N) is 1. The Hall–Kier alpha value is -2.04. The van der Waals surface area contributed by atoms with Crippen molar-refractivity contribution in [3.8, 4) is 5.75 Å². The quantitative estimate of drug-likeness (QED) is 0.858. The van der Waals surface area contributed by atoms with E-state index < -0.39 is 17.6 Å². The predicted octanol–water partition coefficient (Wildman–Crippen LogP) is 2.16. The molecular weight excluding hydrogens is 258 g/mol. The van der Waals surface area contributed by atoms with Gasteiger partial charge in [0, 0.05) is 0 Å². The molecule has 110 valence electrons. The van der Waals surface area contributed by atoms with Crippen LogP contribution in [0.1, 0.15) is 38.1 Å². The van der Waals surface area contributed by atoms with Crippen molar-refractivity contribution in [2.24, 2.45) is 0 Å². The van der Waals surface area contributed by atoms with Crippen molar-refractivity contribution in [3.63, 3.8) is 0 Å². The highest BCUT2D eigenvalue weighted by Gasteiger charge is 2.21. The Bertz CT molecular complexity index is 491. The molecule has 1 rings (SSSR count). The highest BCUT2D eigenvalue weighted by molar-refractivity contribution is 5.99. The third kappa shape index (κ3) is 4.57. The zero-order chi connectivity index (χ0) is 15.3. The Kier molecular flexibility index (Phi) is 5.13. The van der Waals surface area contributed by atoms with Gasteiger partial charge in [-0.1, -0.05) is 12.1 Å². The molecule has 0 aromatic heterocycles. The number of methoxy groups -OCH3 is 1. The Morgan fingerprint density at radius 2 is 1.80 bits per heavy atom. The van der Waals surface area contributed by atoms with E-state index in [-0.39, 0.29) is 5.91 Å². The molecule has 0 saturated heterocycles. The van der Waals surface area contributed by atoms with Gasteiger partial charge < -0.3 is 14.8 Å². The van der Waals surface area contributed by atoms with Gasteiger partial charge in [0.25, 0.3) is 5.91 Å². The number of ether oxygens (including phenoxy) is 2. The maximum atomic E-state index is 12.2. The monoisotopic (exact) mass is 279 g/mol. The summed E-state index contributed by atoms with van der Waals surface area (Å²) < 4.78 is 10.3. The summed E-state index contributed by atoms with van der Waals surface area (Å²) in [4.78, 5) is 23.5. The predicted molar refractivity (Wildman–Crippen MR) is 75.8 cm³/mol. The smallest absolute Gasteiger partial charge is 0.328 e. The van der Waals surface area contributed by atoms with Gasteiger partial charge in [-0.15, -0.1) is 0 Å². The lowest BCUT2D eigenvalue weighted by atomic mass is 10.1. The molecule has 1 amide bonds. The standard InChI is InChI=1S/C15H21NO4/c1-10(14(18)19-5)16-13(17)11-8-6-7-9-12(11)20-15(2,3)4/h6-10H,1-5H3,(H,16,17). The first kappa shape index (κ1) is 16.0. The summed E-state index contributed by atoms with van der Waals surface area (Å²) in [7, 11) is 1.28. The molecule has 0 saturated carbocycles. The van der Waals surface area contributed by atoms with Crippen molar-refractivity contribution in [1.82, 2.24) is 5.32 Å². The van der Waals surface area contributed by atoms with Gasteiger partial charge in [0.15, 0.2) is 0 Å². The fraction of sp³-hybridized carbons (Fsp3) is 0.467. The van der Waals surface area contributed by atoms with Gasteiger partial charge in [0.2, 0.25) is 0 Å². The van der Waals surface area contributed by atoms with Gasteiger partial charge >= 0.3 is 5.97 Å². The summed E-state index contributed by atoms with van der Waals surface area (Å²) in [6, 6.07) is 6.20. The van der Waals surface area contributed by atoms with Gasteiger partial charge in [-0.3, -0.25) is 4.79 Å². The fourth-order valence-electron chi connectivity index (χ4n) is 1.58.